The van der Waals surface area contributed by atoms with E-state index in [1.54, 1.807) is 0 Å². The van der Waals surface area contributed by atoms with Gasteiger partial charge in [-0.2, -0.15) is 13.2 Å². The molecule has 342 valence electrons. The maximum atomic E-state index is 14.1. The molecule has 0 bridgehead atoms. The molecule has 1 spiro atoms. The summed E-state index contributed by atoms with van der Waals surface area (Å²) in [5, 5.41) is 10.1. The summed E-state index contributed by atoms with van der Waals surface area (Å²) in [4.78, 5) is 68.6. The van der Waals surface area contributed by atoms with Crippen LogP contribution >= 0.6 is 0 Å². The molecule has 2 aliphatic heterocycles. The third-order valence-electron chi connectivity index (χ3n) is 14.8. The highest BCUT2D eigenvalue weighted by atomic mass is 19.4. The zero-order valence-corrected chi connectivity index (χ0v) is 37.4. The van der Waals surface area contributed by atoms with Gasteiger partial charge < -0.3 is 35.4 Å². The second-order valence-electron chi connectivity index (χ2n) is 20.2. The Labute approximate surface area is 364 Å². The van der Waals surface area contributed by atoms with E-state index in [1.807, 2.05) is 30.6 Å². The van der Waals surface area contributed by atoms with Crippen LogP contribution in [-0.4, -0.2) is 117 Å². The number of nitrogens with zero attached hydrogens (tertiary/aromatic N) is 5. The number of fused-ring (bicyclic) bond motifs is 1. The maximum Gasteiger partial charge on any atom is 0.416 e. The van der Waals surface area contributed by atoms with Crippen LogP contribution in [-0.2, 0) is 25.3 Å². The predicted molar refractivity (Wildman–Crippen MR) is 230 cm³/mol. The van der Waals surface area contributed by atoms with Crippen molar-refractivity contribution in [2.45, 2.75) is 173 Å². The fraction of sp³-hybridized carbons (Fsp3) is 0.739. The van der Waals surface area contributed by atoms with Crippen LogP contribution in [0.5, 0.6) is 0 Å². The van der Waals surface area contributed by atoms with Gasteiger partial charge in [-0.25, -0.2) is 14.8 Å². The van der Waals surface area contributed by atoms with Gasteiger partial charge in [-0.15, -0.1) is 0 Å². The van der Waals surface area contributed by atoms with E-state index in [4.69, 9.17) is 4.74 Å². The lowest BCUT2D eigenvalue weighted by molar-refractivity contribution is -0.137. The van der Waals surface area contributed by atoms with Gasteiger partial charge in [0.05, 0.1) is 23.2 Å². The number of nitrogens with one attached hydrogen (secondary N) is 3. The summed E-state index contributed by atoms with van der Waals surface area (Å²) in [5.74, 6) is -0.0766. The summed E-state index contributed by atoms with van der Waals surface area (Å²) in [6.45, 7) is 11.8. The predicted octanol–water partition coefficient (Wildman–Crippen LogP) is 7.29. The molecule has 2 aromatic rings. The molecule has 4 atom stereocenters. The highest BCUT2D eigenvalue weighted by Gasteiger charge is 2.45. The van der Waals surface area contributed by atoms with Gasteiger partial charge in [0.25, 0.3) is 0 Å². The molecule has 5 aliphatic rings. The van der Waals surface area contributed by atoms with Crippen molar-refractivity contribution in [3.63, 3.8) is 0 Å². The fourth-order valence-corrected chi connectivity index (χ4v) is 10.7. The number of alkyl halides is 3. The van der Waals surface area contributed by atoms with Crippen LogP contribution in [0.2, 0.25) is 0 Å². The zero-order valence-electron chi connectivity index (χ0n) is 37.4. The first-order valence-corrected chi connectivity index (χ1v) is 23.0. The number of rotatable bonds is 9. The lowest BCUT2D eigenvalue weighted by Gasteiger charge is -2.46. The van der Waals surface area contributed by atoms with Crippen molar-refractivity contribution in [3.8, 4) is 0 Å². The van der Waals surface area contributed by atoms with Crippen LogP contribution in [0.25, 0.3) is 10.9 Å². The number of amides is 4. The number of carbonyl (C=O) groups is 4. The summed E-state index contributed by atoms with van der Waals surface area (Å²) in [6.07, 6.45) is 7.56. The summed E-state index contributed by atoms with van der Waals surface area (Å²) in [7, 11) is 2.10. The van der Waals surface area contributed by atoms with Crippen molar-refractivity contribution in [1.29, 1.82) is 0 Å². The summed E-state index contributed by atoms with van der Waals surface area (Å²) < 4.78 is 46.3. The minimum Gasteiger partial charge on any atom is -0.444 e. The maximum absolute atomic E-state index is 14.1. The van der Waals surface area contributed by atoms with Crippen LogP contribution < -0.4 is 16.0 Å². The van der Waals surface area contributed by atoms with Gasteiger partial charge in [0.15, 0.2) is 0 Å². The molecule has 16 heteroatoms. The molecule has 0 unspecified atom stereocenters. The van der Waals surface area contributed by atoms with Gasteiger partial charge in [0.2, 0.25) is 17.7 Å². The van der Waals surface area contributed by atoms with E-state index in [0.717, 1.165) is 69.9 Å². The molecule has 4 amide bonds. The first-order chi connectivity index (χ1) is 29.3. The lowest BCUT2D eigenvalue weighted by atomic mass is 9.65. The van der Waals surface area contributed by atoms with Crippen molar-refractivity contribution in [2.24, 2.45) is 17.3 Å². The molecule has 13 nitrogen and oxygen atoms in total. The Bertz CT molecular complexity index is 1930. The second-order valence-corrected chi connectivity index (χ2v) is 20.2. The number of hydrogen-bond acceptors (Lipinski definition) is 9. The van der Waals surface area contributed by atoms with Crippen LogP contribution in [0.3, 0.4) is 0 Å². The van der Waals surface area contributed by atoms with E-state index >= 15 is 0 Å². The van der Waals surface area contributed by atoms with Crippen molar-refractivity contribution in [2.75, 3.05) is 32.0 Å². The summed E-state index contributed by atoms with van der Waals surface area (Å²) in [6, 6.07) is 2.70. The normalized spacial score (nSPS) is 27.5. The molecule has 5 fully saturated rings. The van der Waals surface area contributed by atoms with Gasteiger partial charge in [0.1, 0.15) is 23.8 Å². The van der Waals surface area contributed by atoms with Gasteiger partial charge >= 0.3 is 12.3 Å². The molecule has 3 N–H and O–H groups in total. The first kappa shape index (κ1) is 45.8. The number of hydrogen-bond donors (Lipinski definition) is 3. The molecular weight excluding hydrogens is 802 g/mol. The molecule has 62 heavy (non-hydrogen) atoms. The van der Waals surface area contributed by atoms with Gasteiger partial charge in [-0.1, -0.05) is 0 Å². The van der Waals surface area contributed by atoms with Gasteiger partial charge in [-0.3, -0.25) is 14.4 Å². The van der Waals surface area contributed by atoms with E-state index < -0.39 is 23.4 Å². The number of piperidine rings is 1. The van der Waals surface area contributed by atoms with E-state index in [0.29, 0.717) is 63.3 Å². The Morgan fingerprint density at radius 2 is 1.52 bits per heavy atom. The number of halogens is 3. The topological polar surface area (TPSA) is 149 Å². The molecule has 7 rings (SSSR count). The molecule has 1 aromatic heterocycles. The number of likely N-dealkylation sites (tertiary alicyclic amines) is 2. The standard InChI is InChI=1S/C46H67F3N8O5/c1-28(2)55(6)33-12-14-38(57-22-17-36(42(57)60)53-39-34-25-31(46(47,48)49)9-13-35(34)50-27-51-39)37(26-33)54-41(59)29-7-10-32(11-8-29)52-40(58)30-15-18-45(19-16-30)20-23-56(24-21-45)43(61)62-44(3,4)5/h9,13,25,27-30,32-33,36-38H,7-8,10-12,14-24,26H2,1-6H3,(H,52,58)(H,54,59)(H,50,51,53)/t29-,32+,33-,36+,37-,38+/m1/s1. The molecule has 3 aliphatic carbocycles. The second kappa shape index (κ2) is 18.5. The Morgan fingerprint density at radius 1 is 0.855 bits per heavy atom. The van der Waals surface area contributed by atoms with Crippen molar-refractivity contribution < 1.29 is 37.1 Å². The number of aromatic nitrogens is 2. The first-order valence-electron chi connectivity index (χ1n) is 23.0. The smallest absolute Gasteiger partial charge is 0.416 e. The van der Waals surface area contributed by atoms with Crippen molar-refractivity contribution in [1.82, 2.24) is 35.3 Å². The monoisotopic (exact) mass is 869 g/mol. The van der Waals surface area contributed by atoms with Crippen LogP contribution in [0.1, 0.15) is 130 Å². The largest absolute Gasteiger partial charge is 0.444 e. The fourth-order valence-electron chi connectivity index (χ4n) is 10.7. The average Bonchev–Trinajstić information content (AvgIpc) is 3.58. The minimum atomic E-state index is -4.54. The molecule has 0 radical (unpaired) electrons. The van der Waals surface area contributed by atoms with Crippen LogP contribution in [0, 0.1) is 17.3 Å². The zero-order chi connectivity index (χ0) is 44.6. The number of ether oxygens (including phenoxy) is 1. The number of benzene rings is 1. The van der Waals surface area contributed by atoms with Crippen LogP contribution in [0.15, 0.2) is 24.5 Å². The minimum absolute atomic E-state index is 0.0119. The third kappa shape index (κ3) is 10.6. The lowest BCUT2D eigenvalue weighted by Crippen LogP contribution is -2.59. The molecule has 1 aromatic carbocycles. The van der Waals surface area contributed by atoms with E-state index in [9.17, 15) is 32.3 Å². The molecular formula is C46H67F3N8O5. The Morgan fingerprint density at radius 3 is 2.16 bits per heavy atom. The molecule has 3 saturated carbocycles. The third-order valence-corrected chi connectivity index (χ3v) is 14.8. The highest BCUT2D eigenvalue weighted by Crippen LogP contribution is 2.47. The van der Waals surface area contributed by atoms with Crippen molar-refractivity contribution in [3.05, 3.63) is 30.1 Å². The molecule has 2 saturated heterocycles. The number of carbonyl (C=O) groups excluding carboxylic acids is 4. The van der Waals surface area contributed by atoms with E-state index in [2.05, 4.69) is 51.7 Å². The summed E-state index contributed by atoms with van der Waals surface area (Å²) >= 11 is 0. The summed E-state index contributed by atoms with van der Waals surface area (Å²) in [5.41, 5.74) is -0.800. The van der Waals surface area contributed by atoms with Crippen molar-refractivity contribution >= 4 is 40.5 Å². The van der Waals surface area contributed by atoms with Crippen LogP contribution in [0.4, 0.5) is 23.8 Å². The van der Waals surface area contributed by atoms with Gasteiger partial charge in [0, 0.05) is 55.0 Å². The number of anilines is 1. The quantitative estimate of drug-likeness (QED) is 0.236. The van der Waals surface area contributed by atoms with E-state index in [1.165, 1.54) is 12.4 Å². The Balaban J connectivity index is 0.912. The highest BCUT2D eigenvalue weighted by molar-refractivity contribution is 5.93. The van der Waals surface area contributed by atoms with E-state index in [-0.39, 0.29) is 76.4 Å². The average molecular weight is 869 g/mol. The molecule has 3 heterocycles. The Hall–Kier alpha value is -4.21. The SMILES string of the molecule is CC(C)N(C)[C@@H]1CC[C@H](N2CC[C@H](Nc3ncnc4ccc(C(F)(F)F)cc34)C2=O)[C@H](NC(=O)[C@H]2CC[C@@H](NC(=O)C3CCC4(CC3)CCN(C(=O)OC(C)(C)C)CC4)CC2)C1. The Kier molecular flexibility index (Phi) is 13.7. The van der Waals surface area contributed by atoms with Gasteiger partial charge in [-0.05, 0) is 155 Å².